The molecular formula is C27H36N4O4. The number of para-hydroxylation sites is 1. The second-order valence-corrected chi connectivity index (χ2v) is 8.83. The van der Waals surface area contributed by atoms with Gasteiger partial charge in [0.25, 0.3) is 5.91 Å². The zero-order chi connectivity index (χ0) is 25.4. The van der Waals surface area contributed by atoms with E-state index in [4.69, 9.17) is 20.6 Å². The van der Waals surface area contributed by atoms with E-state index in [1.807, 2.05) is 19.1 Å². The summed E-state index contributed by atoms with van der Waals surface area (Å²) in [6.07, 6.45) is 10.2. The lowest BCUT2D eigenvalue weighted by Crippen LogP contribution is -2.54. The number of allylic oxidation sites excluding steroid dienone is 3. The molecule has 1 atom stereocenters. The molecule has 0 saturated carbocycles. The average molecular weight is 481 g/mol. The van der Waals surface area contributed by atoms with Gasteiger partial charge in [-0.1, -0.05) is 24.3 Å². The molecule has 3 rings (SSSR count). The molecule has 0 bridgehead atoms. The van der Waals surface area contributed by atoms with Gasteiger partial charge < -0.3 is 30.8 Å². The van der Waals surface area contributed by atoms with E-state index >= 15 is 0 Å². The molecule has 2 saturated heterocycles. The molecule has 1 aromatic rings. The van der Waals surface area contributed by atoms with Crippen LogP contribution in [0.5, 0.6) is 0 Å². The Labute approximate surface area is 207 Å². The van der Waals surface area contributed by atoms with E-state index in [2.05, 4.69) is 18.0 Å². The number of nitrogens with two attached hydrogens (primary N) is 1. The van der Waals surface area contributed by atoms with Crippen LogP contribution in [0.4, 0.5) is 10.5 Å². The quantitative estimate of drug-likeness (QED) is 0.229. The standard InChI is InChI=1S/C27H36N4O4/c1-4-7-8-12-23-20(5-2)22(30-25(32)21-11-9-10-19(18-28)24(21)29)17-27(35-23)13-15-31(16-14-27)26(33)34-6-3/h4-5,9-12,18,22,28H,1,6-8,13-17,29H2,2-3H3,(H,30,32)/b20-5-,23-12+,28-18?. The molecule has 188 valence electrons. The Morgan fingerprint density at radius 2 is 2.09 bits per heavy atom. The number of carbonyl (C=O) groups excluding carboxylic acids is 2. The van der Waals surface area contributed by atoms with E-state index in [1.54, 1.807) is 30.0 Å². The van der Waals surface area contributed by atoms with Gasteiger partial charge in [0.15, 0.2) is 0 Å². The van der Waals surface area contributed by atoms with E-state index < -0.39 is 5.60 Å². The van der Waals surface area contributed by atoms with Gasteiger partial charge in [0, 0.05) is 49.7 Å². The number of benzene rings is 1. The van der Waals surface area contributed by atoms with Gasteiger partial charge in [0.1, 0.15) is 11.4 Å². The number of piperidine rings is 1. The minimum atomic E-state index is -0.504. The fourth-order valence-corrected chi connectivity index (χ4v) is 4.71. The Morgan fingerprint density at radius 1 is 1.34 bits per heavy atom. The zero-order valence-corrected chi connectivity index (χ0v) is 20.6. The number of hydrogen-bond donors (Lipinski definition) is 3. The predicted octanol–water partition coefficient (Wildman–Crippen LogP) is 4.57. The fourth-order valence-electron chi connectivity index (χ4n) is 4.71. The molecule has 2 heterocycles. The third-order valence-corrected chi connectivity index (χ3v) is 6.62. The highest BCUT2D eigenvalue weighted by atomic mass is 16.6. The van der Waals surface area contributed by atoms with Crippen LogP contribution in [0.3, 0.4) is 0 Å². The van der Waals surface area contributed by atoms with Gasteiger partial charge in [-0.15, -0.1) is 6.58 Å². The molecule has 8 heteroatoms. The fraction of sp³-hybridized carbons (Fsp3) is 0.444. The number of anilines is 1. The molecule has 0 aliphatic carbocycles. The SMILES string of the molecule is C=CCC/C=C1/OC2(CCN(C(=O)OCC)CC2)CC(NC(=O)c2cccc(C=N)c2N)/C1=C/C. The molecule has 1 spiro atoms. The summed E-state index contributed by atoms with van der Waals surface area (Å²) in [6.45, 7) is 8.92. The van der Waals surface area contributed by atoms with E-state index in [-0.39, 0.29) is 23.7 Å². The zero-order valence-electron chi connectivity index (χ0n) is 20.6. The Hall–Kier alpha value is -3.55. The topological polar surface area (TPSA) is 118 Å². The maximum atomic E-state index is 13.3. The molecule has 4 N–H and O–H groups in total. The van der Waals surface area contributed by atoms with Crippen molar-refractivity contribution in [3.63, 3.8) is 0 Å². The van der Waals surface area contributed by atoms with Crippen LogP contribution in [0.2, 0.25) is 0 Å². The summed E-state index contributed by atoms with van der Waals surface area (Å²) in [7, 11) is 0. The lowest BCUT2D eigenvalue weighted by atomic mass is 9.79. The normalized spacial score (nSPS) is 21.4. The Bertz CT molecular complexity index is 1020. The highest BCUT2D eigenvalue weighted by molar-refractivity contribution is 6.03. The summed E-state index contributed by atoms with van der Waals surface area (Å²) in [5.41, 5.74) is 7.71. The molecule has 2 amide bonds. The summed E-state index contributed by atoms with van der Waals surface area (Å²) >= 11 is 0. The first-order valence-electron chi connectivity index (χ1n) is 12.2. The first-order valence-corrected chi connectivity index (χ1v) is 12.2. The maximum Gasteiger partial charge on any atom is 0.409 e. The van der Waals surface area contributed by atoms with Crippen molar-refractivity contribution in [1.29, 1.82) is 5.41 Å². The number of rotatable bonds is 7. The summed E-state index contributed by atoms with van der Waals surface area (Å²) in [6, 6.07) is 4.81. The van der Waals surface area contributed by atoms with Gasteiger partial charge in [-0.25, -0.2) is 4.79 Å². The third kappa shape index (κ3) is 5.93. The predicted molar refractivity (Wildman–Crippen MR) is 138 cm³/mol. The molecule has 35 heavy (non-hydrogen) atoms. The van der Waals surface area contributed by atoms with Crippen molar-refractivity contribution in [3.05, 3.63) is 65.5 Å². The Kier molecular flexibility index (Phi) is 8.73. The summed E-state index contributed by atoms with van der Waals surface area (Å²) in [4.78, 5) is 27.2. The number of nitrogens with zero attached hydrogens (tertiary/aromatic N) is 1. The first kappa shape index (κ1) is 26.1. The van der Waals surface area contributed by atoms with Gasteiger partial charge in [0.2, 0.25) is 0 Å². The number of nitrogen functional groups attached to an aromatic ring is 1. The number of hydrogen-bond acceptors (Lipinski definition) is 6. The number of likely N-dealkylation sites (tertiary alicyclic amines) is 1. The second-order valence-electron chi connectivity index (χ2n) is 8.83. The van der Waals surface area contributed by atoms with Crippen molar-refractivity contribution < 1.29 is 19.1 Å². The van der Waals surface area contributed by atoms with Gasteiger partial charge in [-0.3, -0.25) is 4.79 Å². The van der Waals surface area contributed by atoms with Crippen LogP contribution in [0.25, 0.3) is 0 Å². The van der Waals surface area contributed by atoms with Gasteiger partial charge in [-0.2, -0.15) is 0 Å². The van der Waals surface area contributed by atoms with Crippen molar-refractivity contribution in [3.8, 4) is 0 Å². The molecule has 0 radical (unpaired) electrons. The molecule has 1 aromatic carbocycles. The number of ether oxygens (including phenoxy) is 2. The largest absolute Gasteiger partial charge is 0.487 e. The number of nitrogens with one attached hydrogen (secondary N) is 2. The third-order valence-electron chi connectivity index (χ3n) is 6.62. The van der Waals surface area contributed by atoms with Crippen molar-refractivity contribution in [1.82, 2.24) is 10.2 Å². The molecule has 2 aliphatic rings. The minimum Gasteiger partial charge on any atom is -0.487 e. The minimum absolute atomic E-state index is 0.284. The van der Waals surface area contributed by atoms with Crippen LogP contribution in [-0.4, -0.2) is 54.5 Å². The average Bonchev–Trinajstić information content (AvgIpc) is 2.85. The van der Waals surface area contributed by atoms with Crippen LogP contribution >= 0.6 is 0 Å². The van der Waals surface area contributed by atoms with Gasteiger partial charge in [-0.05, 0) is 38.8 Å². The number of carbonyl (C=O) groups is 2. The van der Waals surface area contributed by atoms with E-state index in [0.29, 0.717) is 50.1 Å². The summed E-state index contributed by atoms with van der Waals surface area (Å²) < 4.78 is 11.8. The highest BCUT2D eigenvalue weighted by Gasteiger charge is 2.45. The van der Waals surface area contributed by atoms with Crippen LogP contribution < -0.4 is 11.1 Å². The van der Waals surface area contributed by atoms with Crippen LogP contribution in [0.1, 0.15) is 61.9 Å². The molecule has 8 nitrogen and oxygen atoms in total. The van der Waals surface area contributed by atoms with Crippen molar-refractivity contribution in [2.75, 3.05) is 25.4 Å². The van der Waals surface area contributed by atoms with E-state index in [9.17, 15) is 9.59 Å². The van der Waals surface area contributed by atoms with Crippen molar-refractivity contribution in [2.24, 2.45) is 0 Å². The lowest BCUT2D eigenvalue weighted by molar-refractivity contribution is -0.0660. The van der Waals surface area contributed by atoms with E-state index in [1.165, 1.54) is 0 Å². The molecule has 2 aliphatic heterocycles. The summed E-state index contributed by atoms with van der Waals surface area (Å²) in [5.74, 6) is 0.471. The molecule has 2 fully saturated rings. The maximum absolute atomic E-state index is 13.3. The number of amides is 2. The van der Waals surface area contributed by atoms with Crippen LogP contribution in [0.15, 0.2) is 54.3 Å². The lowest BCUT2D eigenvalue weighted by Gasteiger charge is -2.48. The Balaban J connectivity index is 1.87. The van der Waals surface area contributed by atoms with Crippen LogP contribution in [0, 0.1) is 5.41 Å². The molecular weight excluding hydrogens is 444 g/mol. The molecule has 0 aromatic heterocycles. The molecule has 1 unspecified atom stereocenters. The smallest absolute Gasteiger partial charge is 0.409 e. The second kappa shape index (κ2) is 11.7. The first-order chi connectivity index (χ1) is 16.9. The highest BCUT2D eigenvalue weighted by Crippen LogP contribution is 2.42. The number of unbranched alkanes of at least 4 members (excludes halogenated alkanes) is 1. The van der Waals surface area contributed by atoms with Gasteiger partial charge in [0.05, 0.1) is 23.9 Å². The Morgan fingerprint density at radius 3 is 2.71 bits per heavy atom. The van der Waals surface area contributed by atoms with E-state index in [0.717, 1.165) is 30.4 Å². The summed E-state index contributed by atoms with van der Waals surface area (Å²) in [5, 5.41) is 10.7. The van der Waals surface area contributed by atoms with Crippen LogP contribution in [-0.2, 0) is 9.47 Å². The van der Waals surface area contributed by atoms with Crippen molar-refractivity contribution in [2.45, 2.75) is 57.6 Å². The van der Waals surface area contributed by atoms with Crippen molar-refractivity contribution >= 4 is 23.9 Å². The monoisotopic (exact) mass is 480 g/mol. The van der Waals surface area contributed by atoms with Gasteiger partial charge >= 0.3 is 6.09 Å².